The third kappa shape index (κ3) is 4.52. The highest BCUT2D eigenvalue weighted by Gasteiger charge is 2.21. The number of aromatic nitrogens is 3. The van der Waals surface area contributed by atoms with E-state index >= 15 is 0 Å². The van der Waals surface area contributed by atoms with Crippen LogP contribution in [0.15, 0.2) is 58.1 Å². The molecule has 1 heterocycles. The molecule has 0 aliphatic carbocycles. The molecule has 156 valence electrons. The van der Waals surface area contributed by atoms with E-state index in [9.17, 15) is 14.4 Å². The van der Waals surface area contributed by atoms with Crippen molar-refractivity contribution in [3.63, 3.8) is 0 Å². The van der Waals surface area contributed by atoms with E-state index in [1.54, 1.807) is 36.4 Å². The second-order valence-electron chi connectivity index (χ2n) is 7.14. The highest BCUT2D eigenvalue weighted by molar-refractivity contribution is 6.31. The molecule has 2 aromatic carbocycles. The summed E-state index contributed by atoms with van der Waals surface area (Å²) in [6.45, 7) is 5.59. The van der Waals surface area contributed by atoms with Gasteiger partial charge < -0.3 is 5.32 Å². The fraction of sp³-hybridized carbons (Fsp3) is 0.273. The molecule has 8 heteroatoms. The summed E-state index contributed by atoms with van der Waals surface area (Å²) in [5, 5.41) is 7.27. The molecular weight excluding hydrogens is 404 g/mol. The highest BCUT2D eigenvalue weighted by atomic mass is 35.5. The number of nitrogens with zero attached hydrogens (tertiary/aromatic N) is 3. The maximum atomic E-state index is 13.1. The normalized spacial score (nSPS) is 11.9. The molecule has 30 heavy (non-hydrogen) atoms. The van der Waals surface area contributed by atoms with Crippen molar-refractivity contribution < 1.29 is 4.79 Å². The first-order valence-electron chi connectivity index (χ1n) is 9.67. The lowest BCUT2D eigenvalue weighted by Crippen LogP contribution is -2.47. The molecule has 0 radical (unpaired) electrons. The van der Waals surface area contributed by atoms with Gasteiger partial charge in [0.1, 0.15) is 0 Å². The van der Waals surface area contributed by atoms with Crippen molar-refractivity contribution in [1.29, 1.82) is 0 Å². The average Bonchev–Trinajstić information content (AvgIpc) is 2.73. The SMILES string of the molecule is CCC(C)NC(=O)c1nn(-c2ccc(C)cc2)c(=O)n(Cc2ccccc2Cl)c1=O. The number of nitrogens with one attached hydrogen (secondary N) is 1. The van der Waals surface area contributed by atoms with Crippen LogP contribution in [-0.2, 0) is 6.54 Å². The van der Waals surface area contributed by atoms with Gasteiger partial charge in [0.15, 0.2) is 0 Å². The Kier molecular flexibility index (Phi) is 6.52. The zero-order valence-electron chi connectivity index (χ0n) is 17.1. The first kappa shape index (κ1) is 21.5. The minimum Gasteiger partial charge on any atom is -0.348 e. The molecule has 3 rings (SSSR count). The predicted molar refractivity (Wildman–Crippen MR) is 117 cm³/mol. The summed E-state index contributed by atoms with van der Waals surface area (Å²) < 4.78 is 2.06. The van der Waals surface area contributed by atoms with Crippen molar-refractivity contribution in [3.8, 4) is 5.69 Å². The highest BCUT2D eigenvalue weighted by Crippen LogP contribution is 2.15. The first-order chi connectivity index (χ1) is 14.3. The van der Waals surface area contributed by atoms with Gasteiger partial charge in [-0.25, -0.2) is 4.79 Å². The number of carbonyl (C=O) groups is 1. The molecule has 0 spiro atoms. The van der Waals surface area contributed by atoms with Crippen molar-refractivity contribution in [3.05, 3.63) is 91.2 Å². The van der Waals surface area contributed by atoms with E-state index in [1.165, 1.54) is 0 Å². The van der Waals surface area contributed by atoms with E-state index in [2.05, 4.69) is 10.4 Å². The van der Waals surface area contributed by atoms with E-state index in [1.807, 2.05) is 32.9 Å². The lowest BCUT2D eigenvalue weighted by Gasteiger charge is -2.14. The molecule has 0 bridgehead atoms. The minimum atomic E-state index is -0.760. The van der Waals surface area contributed by atoms with Gasteiger partial charge in [-0.2, -0.15) is 9.78 Å². The summed E-state index contributed by atoms with van der Waals surface area (Å²) >= 11 is 6.22. The Labute approximate surface area is 178 Å². The number of amides is 1. The van der Waals surface area contributed by atoms with Crippen LogP contribution in [0.5, 0.6) is 0 Å². The van der Waals surface area contributed by atoms with Crippen LogP contribution < -0.4 is 16.6 Å². The third-order valence-corrected chi connectivity index (χ3v) is 5.20. The molecule has 1 N–H and O–H groups in total. The summed E-state index contributed by atoms with van der Waals surface area (Å²) in [7, 11) is 0. The summed E-state index contributed by atoms with van der Waals surface area (Å²) in [5.41, 5.74) is 0.297. The van der Waals surface area contributed by atoms with Crippen LogP contribution in [0, 0.1) is 6.92 Å². The average molecular weight is 427 g/mol. The van der Waals surface area contributed by atoms with Crippen LogP contribution >= 0.6 is 11.6 Å². The zero-order chi connectivity index (χ0) is 21.8. The number of hydrogen-bond acceptors (Lipinski definition) is 4. The van der Waals surface area contributed by atoms with Crippen molar-refractivity contribution in [2.45, 2.75) is 39.8 Å². The number of benzene rings is 2. The van der Waals surface area contributed by atoms with Gasteiger partial charge in [0.2, 0.25) is 5.69 Å². The van der Waals surface area contributed by atoms with E-state index < -0.39 is 17.2 Å². The monoisotopic (exact) mass is 426 g/mol. The zero-order valence-corrected chi connectivity index (χ0v) is 17.8. The number of rotatable bonds is 6. The van der Waals surface area contributed by atoms with E-state index in [0.717, 1.165) is 14.8 Å². The quantitative estimate of drug-likeness (QED) is 0.656. The van der Waals surface area contributed by atoms with Gasteiger partial charge in [0, 0.05) is 11.1 Å². The van der Waals surface area contributed by atoms with Crippen molar-refractivity contribution in [2.24, 2.45) is 0 Å². The second-order valence-corrected chi connectivity index (χ2v) is 7.55. The lowest BCUT2D eigenvalue weighted by molar-refractivity contribution is 0.0929. The van der Waals surface area contributed by atoms with Gasteiger partial charge in [-0.15, -0.1) is 0 Å². The Bertz CT molecular complexity index is 1180. The second kappa shape index (κ2) is 9.09. The molecule has 0 saturated carbocycles. The standard InChI is InChI=1S/C22H23ClN4O3/c1-4-15(3)24-20(28)19-21(29)26(13-16-7-5-6-8-18(16)23)22(30)27(25-19)17-11-9-14(2)10-12-17/h5-12,15H,4,13H2,1-3H3,(H,24,28). The number of halogens is 1. The molecule has 1 aromatic heterocycles. The Hall–Kier alpha value is -3.19. The van der Waals surface area contributed by atoms with Gasteiger partial charge >= 0.3 is 5.69 Å². The lowest BCUT2D eigenvalue weighted by atomic mass is 10.2. The van der Waals surface area contributed by atoms with Crippen molar-refractivity contribution in [1.82, 2.24) is 19.7 Å². The molecule has 7 nitrogen and oxygen atoms in total. The van der Waals surface area contributed by atoms with E-state index in [-0.39, 0.29) is 18.3 Å². The number of carbonyl (C=O) groups excluding carboxylic acids is 1. The van der Waals surface area contributed by atoms with Crippen LogP contribution in [0.3, 0.4) is 0 Å². The van der Waals surface area contributed by atoms with Gasteiger partial charge in [-0.3, -0.25) is 14.2 Å². The molecule has 3 aromatic rings. The van der Waals surface area contributed by atoms with Gasteiger partial charge in [-0.05, 0) is 44.0 Å². The van der Waals surface area contributed by atoms with Gasteiger partial charge in [0.05, 0.1) is 12.2 Å². The van der Waals surface area contributed by atoms with Crippen LogP contribution in [0.25, 0.3) is 5.69 Å². The molecule has 0 saturated heterocycles. The predicted octanol–water partition coefficient (Wildman–Crippen LogP) is 2.93. The largest absolute Gasteiger partial charge is 0.352 e. The molecule has 0 aliphatic heterocycles. The number of hydrogen-bond donors (Lipinski definition) is 1. The Morgan fingerprint density at radius 2 is 1.80 bits per heavy atom. The summed E-state index contributed by atoms with van der Waals surface area (Å²) in [4.78, 5) is 38.9. The third-order valence-electron chi connectivity index (χ3n) is 4.83. The Morgan fingerprint density at radius 1 is 1.13 bits per heavy atom. The number of aryl methyl sites for hydroxylation is 1. The fourth-order valence-electron chi connectivity index (χ4n) is 2.84. The maximum absolute atomic E-state index is 13.1. The smallest absolute Gasteiger partial charge is 0.348 e. The van der Waals surface area contributed by atoms with Crippen molar-refractivity contribution >= 4 is 17.5 Å². The molecule has 1 amide bonds. The Balaban J connectivity index is 2.20. The van der Waals surface area contributed by atoms with E-state index in [4.69, 9.17) is 11.6 Å². The van der Waals surface area contributed by atoms with Crippen LogP contribution in [0.1, 0.15) is 41.9 Å². The molecule has 1 atom stereocenters. The van der Waals surface area contributed by atoms with E-state index in [0.29, 0.717) is 22.7 Å². The summed E-state index contributed by atoms with van der Waals surface area (Å²) in [5.74, 6) is -0.622. The van der Waals surface area contributed by atoms with Crippen LogP contribution in [0.4, 0.5) is 0 Å². The van der Waals surface area contributed by atoms with Crippen LogP contribution in [0.2, 0.25) is 5.02 Å². The maximum Gasteiger partial charge on any atom is 0.352 e. The van der Waals surface area contributed by atoms with Crippen molar-refractivity contribution in [2.75, 3.05) is 0 Å². The minimum absolute atomic E-state index is 0.0741. The summed E-state index contributed by atoms with van der Waals surface area (Å²) in [6, 6.07) is 13.9. The topological polar surface area (TPSA) is 86.0 Å². The molecule has 0 fully saturated rings. The molecular formula is C22H23ClN4O3. The first-order valence-corrected chi connectivity index (χ1v) is 10.0. The summed E-state index contributed by atoms with van der Waals surface area (Å²) in [6.07, 6.45) is 0.692. The van der Waals surface area contributed by atoms with Gasteiger partial charge in [0.25, 0.3) is 11.5 Å². The fourth-order valence-corrected chi connectivity index (χ4v) is 3.04. The van der Waals surface area contributed by atoms with Gasteiger partial charge in [-0.1, -0.05) is 54.4 Å². The molecule has 1 unspecified atom stereocenters. The Morgan fingerprint density at radius 3 is 2.43 bits per heavy atom. The molecule has 0 aliphatic rings. The van der Waals surface area contributed by atoms with Crippen LogP contribution in [-0.4, -0.2) is 26.3 Å².